The lowest BCUT2D eigenvalue weighted by Gasteiger charge is -2.23. The first-order chi connectivity index (χ1) is 14.9. The Morgan fingerprint density at radius 1 is 1.06 bits per heavy atom. The number of amides is 1. The van der Waals surface area contributed by atoms with E-state index in [0.717, 1.165) is 23.3 Å². The van der Waals surface area contributed by atoms with Crippen LogP contribution in [0.1, 0.15) is 34.3 Å². The summed E-state index contributed by atoms with van der Waals surface area (Å²) < 4.78 is 11.4. The largest absolute Gasteiger partial charge is 0.507 e. The molecule has 2 aliphatic rings. The van der Waals surface area contributed by atoms with Gasteiger partial charge in [0.05, 0.1) is 12.2 Å². The van der Waals surface area contributed by atoms with Crippen LogP contribution in [0.25, 0.3) is 5.76 Å². The molecule has 1 unspecified atom stereocenters. The summed E-state index contributed by atoms with van der Waals surface area (Å²) >= 11 is 0. The Balaban J connectivity index is 1.70. The molecule has 31 heavy (non-hydrogen) atoms. The number of ketones is 1. The summed E-state index contributed by atoms with van der Waals surface area (Å²) in [4.78, 5) is 27.6. The van der Waals surface area contributed by atoms with Gasteiger partial charge in [-0.2, -0.15) is 0 Å². The summed E-state index contributed by atoms with van der Waals surface area (Å²) in [7, 11) is 0. The molecule has 156 valence electrons. The molecule has 0 radical (unpaired) electrons. The third-order valence-electron chi connectivity index (χ3n) is 5.72. The Hall–Kier alpha value is -3.80. The van der Waals surface area contributed by atoms with Gasteiger partial charge in [0.15, 0.2) is 0 Å². The minimum atomic E-state index is -0.861. The highest BCUT2D eigenvalue weighted by molar-refractivity contribution is 6.51. The number of rotatable bonds is 3. The highest BCUT2D eigenvalue weighted by Crippen LogP contribution is 2.43. The van der Waals surface area contributed by atoms with Crippen molar-refractivity contribution in [2.24, 2.45) is 0 Å². The maximum absolute atomic E-state index is 13.1. The third-order valence-corrected chi connectivity index (χ3v) is 5.72. The number of Topliss-reactive ketones (excluding diaryl/α,β-unsaturated/α-hetero) is 1. The zero-order chi connectivity index (χ0) is 21.7. The van der Waals surface area contributed by atoms with E-state index >= 15 is 0 Å². The summed E-state index contributed by atoms with van der Waals surface area (Å²) in [5, 5.41) is 11.2. The second-order valence-electron chi connectivity index (χ2n) is 7.88. The lowest BCUT2D eigenvalue weighted by atomic mass is 9.97. The van der Waals surface area contributed by atoms with E-state index in [4.69, 9.17) is 9.15 Å². The van der Waals surface area contributed by atoms with Gasteiger partial charge in [0, 0.05) is 17.7 Å². The van der Waals surface area contributed by atoms with E-state index < -0.39 is 17.7 Å². The van der Waals surface area contributed by atoms with Crippen molar-refractivity contribution >= 4 is 23.1 Å². The van der Waals surface area contributed by atoms with E-state index in [1.807, 2.05) is 31.2 Å². The monoisotopic (exact) mass is 415 g/mol. The van der Waals surface area contributed by atoms with Gasteiger partial charge in [0.1, 0.15) is 29.1 Å². The van der Waals surface area contributed by atoms with Crippen molar-refractivity contribution in [3.8, 4) is 5.75 Å². The molecule has 0 saturated carbocycles. The van der Waals surface area contributed by atoms with Crippen molar-refractivity contribution in [2.45, 2.75) is 26.3 Å². The van der Waals surface area contributed by atoms with E-state index in [9.17, 15) is 14.7 Å². The third kappa shape index (κ3) is 3.11. The molecule has 1 saturated heterocycles. The molecule has 1 fully saturated rings. The summed E-state index contributed by atoms with van der Waals surface area (Å²) in [6, 6.07) is 15.3. The van der Waals surface area contributed by atoms with Crippen LogP contribution in [0.5, 0.6) is 5.75 Å². The number of furan rings is 1. The molecule has 1 atom stereocenters. The van der Waals surface area contributed by atoms with Gasteiger partial charge in [0.2, 0.25) is 0 Å². The van der Waals surface area contributed by atoms with Crippen LogP contribution in [-0.4, -0.2) is 23.4 Å². The number of anilines is 1. The normalized spacial score (nSPS) is 19.5. The van der Waals surface area contributed by atoms with Crippen molar-refractivity contribution < 1.29 is 23.8 Å². The first-order valence-electron chi connectivity index (χ1n) is 10.1. The average Bonchev–Trinajstić information content (AvgIpc) is 3.45. The van der Waals surface area contributed by atoms with Crippen LogP contribution in [0, 0.1) is 13.8 Å². The second kappa shape index (κ2) is 7.16. The van der Waals surface area contributed by atoms with Gasteiger partial charge in [-0.3, -0.25) is 14.5 Å². The molecule has 0 spiro atoms. The van der Waals surface area contributed by atoms with E-state index in [0.29, 0.717) is 29.4 Å². The predicted molar refractivity (Wildman–Crippen MR) is 115 cm³/mol. The smallest absolute Gasteiger partial charge is 0.300 e. The van der Waals surface area contributed by atoms with E-state index in [1.54, 1.807) is 37.3 Å². The molecule has 6 nitrogen and oxygen atoms in total. The summed E-state index contributed by atoms with van der Waals surface area (Å²) in [5.41, 5.74) is 2.97. The van der Waals surface area contributed by atoms with Gasteiger partial charge in [-0.1, -0.05) is 12.1 Å². The lowest BCUT2D eigenvalue weighted by molar-refractivity contribution is -0.132. The fraction of sp³-hybridized carbons (Fsp3) is 0.200. The first-order valence-corrected chi connectivity index (χ1v) is 10.1. The molecule has 0 aliphatic carbocycles. The summed E-state index contributed by atoms with van der Waals surface area (Å²) in [6.45, 7) is 4.30. The number of hydrogen-bond acceptors (Lipinski definition) is 5. The van der Waals surface area contributed by atoms with E-state index in [2.05, 4.69) is 0 Å². The van der Waals surface area contributed by atoms with Crippen LogP contribution in [0.4, 0.5) is 5.69 Å². The number of fused-ring (bicyclic) bond motifs is 1. The van der Waals surface area contributed by atoms with Gasteiger partial charge < -0.3 is 14.3 Å². The van der Waals surface area contributed by atoms with Crippen molar-refractivity contribution in [1.82, 2.24) is 0 Å². The number of hydrogen-bond donors (Lipinski definition) is 1. The van der Waals surface area contributed by atoms with Crippen molar-refractivity contribution in [3.05, 3.63) is 88.4 Å². The highest BCUT2D eigenvalue weighted by Gasteiger charge is 2.48. The number of carbonyl (C=O) groups excluding carboxylic acids is 2. The van der Waals surface area contributed by atoms with Crippen molar-refractivity contribution in [1.29, 1.82) is 0 Å². The molecule has 3 aromatic rings. The van der Waals surface area contributed by atoms with Crippen LogP contribution in [0.2, 0.25) is 0 Å². The zero-order valence-electron chi connectivity index (χ0n) is 17.2. The maximum Gasteiger partial charge on any atom is 0.300 e. The Bertz CT molecular complexity index is 1250. The molecular formula is C25H21NO5. The van der Waals surface area contributed by atoms with Gasteiger partial charge in [0.25, 0.3) is 11.7 Å². The van der Waals surface area contributed by atoms with E-state index in [-0.39, 0.29) is 11.3 Å². The first kappa shape index (κ1) is 19.2. The minimum Gasteiger partial charge on any atom is -0.507 e. The number of aliphatic hydroxyl groups excluding tert-OH is 1. The number of carbonyl (C=O) groups is 2. The molecule has 2 aromatic carbocycles. The van der Waals surface area contributed by atoms with Gasteiger partial charge in [-0.15, -0.1) is 0 Å². The van der Waals surface area contributed by atoms with Crippen LogP contribution in [0.3, 0.4) is 0 Å². The fourth-order valence-electron chi connectivity index (χ4n) is 4.24. The topological polar surface area (TPSA) is 80.0 Å². The molecule has 0 bridgehead atoms. The number of nitrogens with zero attached hydrogens (tertiary/aromatic N) is 1. The lowest BCUT2D eigenvalue weighted by Crippen LogP contribution is -2.29. The number of ether oxygens (including phenoxy) is 1. The number of aliphatic hydroxyl groups is 1. The second-order valence-corrected chi connectivity index (χ2v) is 7.88. The average molecular weight is 415 g/mol. The Labute approximate surface area is 179 Å². The molecule has 1 amide bonds. The van der Waals surface area contributed by atoms with E-state index in [1.165, 1.54) is 4.90 Å². The minimum absolute atomic E-state index is 0.0136. The SMILES string of the molecule is Cc1cccc(N2C(=O)C(=O)/C(=C(\O)c3ccc4c(c3)CCO4)C2c2ccc(C)o2)c1. The molecule has 6 heteroatoms. The van der Waals surface area contributed by atoms with Gasteiger partial charge in [-0.05, 0) is 67.4 Å². The molecule has 3 heterocycles. The Morgan fingerprint density at radius 3 is 2.65 bits per heavy atom. The number of aryl methyl sites for hydroxylation is 2. The molecule has 2 aliphatic heterocycles. The fourth-order valence-corrected chi connectivity index (χ4v) is 4.24. The Kier molecular flexibility index (Phi) is 4.43. The molecular weight excluding hydrogens is 394 g/mol. The van der Waals surface area contributed by atoms with Gasteiger partial charge in [-0.25, -0.2) is 0 Å². The highest BCUT2D eigenvalue weighted by atomic mass is 16.5. The van der Waals surface area contributed by atoms with Crippen molar-refractivity contribution in [3.63, 3.8) is 0 Å². The zero-order valence-corrected chi connectivity index (χ0v) is 17.2. The Morgan fingerprint density at radius 2 is 1.90 bits per heavy atom. The quantitative estimate of drug-likeness (QED) is 0.388. The number of benzene rings is 2. The predicted octanol–water partition coefficient (Wildman–Crippen LogP) is 4.46. The van der Waals surface area contributed by atoms with Crippen LogP contribution >= 0.6 is 0 Å². The molecule has 1 aromatic heterocycles. The van der Waals surface area contributed by atoms with Crippen LogP contribution < -0.4 is 9.64 Å². The van der Waals surface area contributed by atoms with Crippen LogP contribution in [-0.2, 0) is 16.0 Å². The summed E-state index contributed by atoms with van der Waals surface area (Å²) in [5.74, 6) is 0.187. The standard InChI is InChI=1S/C25H21NO5/c1-14-4-3-5-18(12-14)26-22(20-8-6-15(2)31-20)21(24(28)25(26)29)23(27)17-7-9-19-16(13-17)10-11-30-19/h3-9,12-13,22,27H,10-11H2,1-2H3/b23-21-. The van der Waals surface area contributed by atoms with Gasteiger partial charge >= 0.3 is 0 Å². The van der Waals surface area contributed by atoms with Crippen molar-refractivity contribution in [2.75, 3.05) is 11.5 Å². The molecule has 1 N–H and O–H groups in total. The maximum atomic E-state index is 13.1. The van der Waals surface area contributed by atoms with Crippen LogP contribution in [0.15, 0.2) is 64.6 Å². The molecule has 5 rings (SSSR count). The summed E-state index contributed by atoms with van der Waals surface area (Å²) in [6.07, 6.45) is 0.731.